The molecule has 29 heavy (non-hydrogen) atoms. The van der Waals surface area contributed by atoms with E-state index in [1.165, 1.54) is 6.07 Å². The molecule has 0 spiro atoms. The van der Waals surface area contributed by atoms with Crippen molar-refractivity contribution in [3.05, 3.63) is 91.9 Å². The van der Waals surface area contributed by atoms with Crippen LogP contribution in [0.3, 0.4) is 0 Å². The normalized spacial score (nSPS) is 12.1. The zero-order chi connectivity index (χ0) is 20.5. The average molecular weight is 428 g/mol. The van der Waals surface area contributed by atoms with Gasteiger partial charge in [0, 0.05) is 16.3 Å². The van der Waals surface area contributed by atoms with Gasteiger partial charge in [-0.1, -0.05) is 48.3 Å². The fraction of sp³-hybridized carbons (Fsp3) is 0.0952. The van der Waals surface area contributed by atoms with Gasteiger partial charge >= 0.3 is 5.97 Å². The Balaban J connectivity index is 1.57. The zero-order valence-electron chi connectivity index (χ0n) is 15.2. The molecule has 0 aliphatic rings. The standard InChI is InChI=1S/C21H15Cl2N3O3/c1-11(12-5-7-13(22)8-6-12)17-10-18(26-25-17)21(28)29-19-9-14-15(23)3-2-4-16(14)24-20(19)27/h2-11H,1H3,(H,24,27)(H,25,26). The third-order valence-corrected chi connectivity index (χ3v) is 5.22. The summed E-state index contributed by atoms with van der Waals surface area (Å²) in [5, 5.41) is 8.53. The van der Waals surface area contributed by atoms with Crippen LogP contribution in [0.2, 0.25) is 10.0 Å². The predicted molar refractivity (Wildman–Crippen MR) is 112 cm³/mol. The average Bonchev–Trinajstić information content (AvgIpc) is 3.20. The maximum atomic E-state index is 12.5. The summed E-state index contributed by atoms with van der Waals surface area (Å²) in [6.07, 6.45) is 0. The lowest BCUT2D eigenvalue weighted by atomic mass is 9.98. The molecule has 0 fully saturated rings. The molecule has 1 atom stereocenters. The first-order chi connectivity index (χ1) is 13.9. The van der Waals surface area contributed by atoms with E-state index >= 15 is 0 Å². The minimum Gasteiger partial charge on any atom is -0.416 e. The summed E-state index contributed by atoms with van der Waals surface area (Å²) in [6, 6.07) is 15.6. The number of pyridine rings is 1. The molecule has 0 aliphatic carbocycles. The molecule has 0 saturated heterocycles. The number of aromatic nitrogens is 3. The molecule has 6 nitrogen and oxygen atoms in total. The van der Waals surface area contributed by atoms with Gasteiger partial charge in [-0.3, -0.25) is 9.89 Å². The number of rotatable bonds is 4. The summed E-state index contributed by atoms with van der Waals surface area (Å²) in [6.45, 7) is 1.96. The quantitative estimate of drug-likeness (QED) is 0.452. The Morgan fingerprint density at radius 1 is 1.10 bits per heavy atom. The minimum atomic E-state index is -0.719. The van der Waals surface area contributed by atoms with E-state index in [9.17, 15) is 9.59 Å². The lowest BCUT2D eigenvalue weighted by Gasteiger charge is -2.08. The molecule has 0 bridgehead atoms. The number of nitrogens with one attached hydrogen (secondary N) is 2. The predicted octanol–water partition coefficient (Wildman–Crippen LogP) is 4.93. The van der Waals surface area contributed by atoms with Crippen LogP contribution in [0, 0.1) is 0 Å². The van der Waals surface area contributed by atoms with Crippen LogP contribution in [-0.2, 0) is 0 Å². The Kier molecular flexibility index (Phi) is 5.13. The zero-order valence-corrected chi connectivity index (χ0v) is 16.7. The summed E-state index contributed by atoms with van der Waals surface area (Å²) in [5.41, 5.74) is 1.83. The molecule has 2 N–H and O–H groups in total. The minimum absolute atomic E-state index is 0.0621. The maximum Gasteiger partial charge on any atom is 0.361 e. The largest absolute Gasteiger partial charge is 0.416 e. The Morgan fingerprint density at radius 3 is 2.62 bits per heavy atom. The Bertz CT molecular complexity index is 1260. The van der Waals surface area contributed by atoms with Crippen molar-refractivity contribution >= 4 is 40.1 Å². The first-order valence-electron chi connectivity index (χ1n) is 8.77. The molecule has 8 heteroatoms. The molecular weight excluding hydrogens is 413 g/mol. The van der Waals surface area contributed by atoms with Crippen molar-refractivity contribution in [2.75, 3.05) is 0 Å². The molecule has 2 heterocycles. The number of ether oxygens (including phenoxy) is 1. The van der Waals surface area contributed by atoms with Gasteiger partial charge in [0.05, 0.1) is 16.2 Å². The highest BCUT2D eigenvalue weighted by Gasteiger charge is 2.18. The van der Waals surface area contributed by atoms with Gasteiger partial charge in [0.25, 0.3) is 5.56 Å². The van der Waals surface area contributed by atoms with Crippen molar-refractivity contribution in [3.63, 3.8) is 0 Å². The lowest BCUT2D eigenvalue weighted by molar-refractivity contribution is 0.0726. The molecule has 0 saturated carbocycles. The smallest absolute Gasteiger partial charge is 0.361 e. The van der Waals surface area contributed by atoms with Gasteiger partial charge in [-0.25, -0.2) is 4.79 Å². The molecule has 0 radical (unpaired) electrons. The number of esters is 1. The van der Waals surface area contributed by atoms with E-state index in [1.807, 2.05) is 19.1 Å². The SMILES string of the molecule is CC(c1ccc(Cl)cc1)c1cc(C(=O)Oc2cc3c(Cl)cccc3[nH]c2=O)[nH]n1. The van der Waals surface area contributed by atoms with Crippen molar-refractivity contribution in [1.82, 2.24) is 15.2 Å². The van der Waals surface area contributed by atoms with Gasteiger partial charge in [0.15, 0.2) is 5.75 Å². The van der Waals surface area contributed by atoms with Crippen molar-refractivity contribution < 1.29 is 9.53 Å². The van der Waals surface area contributed by atoms with Crippen molar-refractivity contribution in [2.45, 2.75) is 12.8 Å². The summed E-state index contributed by atoms with van der Waals surface area (Å²) in [7, 11) is 0. The molecule has 1 unspecified atom stereocenters. The summed E-state index contributed by atoms with van der Waals surface area (Å²) >= 11 is 12.1. The number of hydrogen-bond acceptors (Lipinski definition) is 4. The summed E-state index contributed by atoms with van der Waals surface area (Å²) in [4.78, 5) is 27.4. The van der Waals surface area contributed by atoms with Gasteiger partial charge in [0.2, 0.25) is 0 Å². The Labute approximate surface area is 175 Å². The monoisotopic (exact) mass is 427 g/mol. The van der Waals surface area contributed by atoms with E-state index < -0.39 is 11.5 Å². The molecule has 4 rings (SSSR count). The van der Waals surface area contributed by atoms with Gasteiger partial charge in [0.1, 0.15) is 5.69 Å². The van der Waals surface area contributed by atoms with Crippen molar-refractivity contribution in [1.29, 1.82) is 0 Å². The molecule has 2 aromatic carbocycles. The van der Waals surface area contributed by atoms with Gasteiger partial charge in [-0.05, 0) is 42.0 Å². The molecule has 2 aromatic heterocycles. The number of hydrogen-bond donors (Lipinski definition) is 2. The Hall–Kier alpha value is -3.09. The van der Waals surface area contributed by atoms with Crippen LogP contribution in [0.1, 0.15) is 34.6 Å². The number of fused-ring (bicyclic) bond motifs is 1. The Morgan fingerprint density at radius 2 is 1.86 bits per heavy atom. The van der Waals surface area contributed by atoms with E-state index in [2.05, 4.69) is 15.2 Å². The number of aromatic amines is 2. The highest BCUT2D eigenvalue weighted by atomic mass is 35.5. The third-order valence-electron chi connectivity index (χ3n) is 4.63. The van der Waals surface area contributed by atoms with Crippen LogP contribution in [0.15, 0.2) is 59.4 Å². The van der Waals surface area contributed by atoms with E-state index in [4.69, 9.17) is 27.9 Å². The van der Waals surface area contributed by atoms with Crippen LogP contribution >= 0.6 is 23.2 Å². The molecule has 4 aromatic rings. The number of carbonyl (C=O) groups is 1. The van der Waals surface area contributed by atoms with Crippen LogP contribution in [0.5, 0.6) is 5.75 Å². The third kappa shape index (κ3) is 3.90. The molecule has 0 aliphatic heterocycles. The topological polar surface area (TPSA) is 87.8 Å². The second kappa shape index (κ2) is 7.73. The fourth-order valence-electron chi connectivity index (χ4n) is 2.99. The van der Waals surface area contributed by atoms with Crippen molar-refractivity contribution in [2.24, 2.45) is 0 Å². The highest BCUT2D eigenvalue weighted by molar-refractivity contribution is 6.35. The van der Waals surface area contributed by atoms with Crippen LogP contribution in [0.4, 0.5) is 0 Å². The second-order valence-corrected chi connectivity index (χ2v) is 7.38. The molecular formula is C21H15Cl2N3O3. The number of nitrogens with zero attached hydrogens (tertiary/aromatic N) is 1. The lowest BCUT2D eigenvalue weighted by Crippen LogP contribution is -2.17. The maximum absolute atomic E-state index is 12.5. The highest BCUT2D eigenvalue weighted by Crippen LogP contribution is 2.26. The van der Waals surface area contributed by atoms with Gasteiger partial charge < -0.3 is 9.72 Å². The number of H-pyrrole nitrogens is 2. The fourth-order valence-corrected chi connectivity index (χ4v) is 3.34. The number of carbonyl (C=O) groups excluding carboxylic acids is 1. The van der Waals surface area contributed by atoms with E-state index in [0.29, 0.717) is 26.6 Å². The number of halogens is 2. The van der Waals surface area contributed by atoms with E-state index in [1.54, 1.807) is 36.4 Å². The molecule has 146 valence electrons. The van der Waals surface area contributed by atoms with Crippen LogP contribution in [0.25, 0.3) is 10.9 Å². The second-order valence-electron chi connectivity index (χ2n) is 6.53. The summed E-state index contributed by atoms with van der Waals surface area (Å²) < 4.78 is 5.28. The van der Waals surface area contributed by atoms with Crippen LogP contribution in [-0.4, -0.2) is 21.2 Å². The van der Waals surface area contributed by atoms with E-state index in [-0.39, 0.29) is 17.4 Å². The van der Waals surface area contributed by atoms with Crippen LogP contribution < -0.4 is 10.3 Å². The number of benzene rings is 2. The van der Waals surface area contributed by atoms with Crippen molar-refractivity contribution in [3.8, 4) is 5.75 Å². The molecule has 0 amide bonds. The summed E-state index contributed by atoms with van der Waals surface area (Å²) in [5.74, 6) is -0.922. The first-order valence-corrected chi connectivity index (χ1v) is 9.52. The van der Waals surface area contributed by atoms with E-state index in [0.717, 1.165) is 5.56 Å². The first kappa shape index (κ1) is 19.2. The van der Waals surface area contributed by atoms with Gasteiger partial charge in [-0.15, -0.1) is 0 Å². The van der Waals surface area contributed by atoms with Gasteiger partial charge in [-0.2, -0.15) is 5.10 Å².